The first kappa shape index (κ1) is 15.4. The zero-order chi connectivity index (χ0) is 14.3. The average molecular weight is 266 g/mol. The lowest BCUT2D eigenvalue weighted by molar-refractivity contribution is 0.184. The Balaban J connectivity index is 2.90. The van der Waals surface area contributed by atoms with Crippen molar-refractivity contribution in [3.8, 4) is 0 Å². The Labute approximate surface area is 113 Å². The number of pyridine rings is 1. The number of oxime groups is 1. The van der Waals surface area contributed by atoms with E-state index in [2.05, 4.69) is 28.9 Å². The molecule has 6 heteroatoms. The van der Waals surface area contributed by atoms with E-state index in [1.165, 1.54) is 0 Å². The molecule has 0 saturated heterocycles. The molecule has 1 aromatic rings. The molecule has 0 radical (unpaired) electrons. The molecule has 4 N–H and O–H groups in total. The van der Waals surface area contributed by atoms with Crippen LogP contribution in [0.15, 0.2) is 23.5 Å². The molecule has 0 aliphatic carbocycles. The fraction of sp³-hybridized carbons (Fsp3) is 0.538. The normalized spacial score (nSPS) is 12.4. The Kier molecular flexibility index (Phi) is 6.24. The maximum atomic E-state index is 8.93. The topological polar surface area (TPSA) is 95.0 Å². The van der Waals surface area contributed by atoms with Gasteiger partial charge in [0.05, 0.1) is 0 Å². The van der Waals surface area contributed by atoms with Crippen molar-refractivity contribution in [2.45, 2.75) is 32.9 Å². The van der Waals surface area contributed by atoms with Crippen LogP contribution in [-0.2, 0) is 6.54 Å². The largest absolute Gasteiger partial charge is 0.409 e. The summed E-state index contributed by atoms with van der Waals surface area (Å²) in [6.45, 7) is 5.80. The summed E-state index contributed by atoms with van der Waals surface area (Å²) in [4.78, 5) is 6.36. The third-order valence-electron chi connectivity index (χ3n) is 2.95. The molecule has 0 aliphatic heterocycles. The minimum absolute atomic E-state index is 0.0152. The van der Waals surface area contributed by atoms with Crippen LogP contribution in [-0.4, -0.2) is 45.2 Å². The first-order valence-electron chi connectivity index (χ1n) is 6.36. The summed E-state index contributed by atoms with van der Waals surface area (Å²) < 4.78 is 0. The lowest BCUT2D eigenvalue weighted by Crippen LogP contribution is -2.33. The Morgan fingerprint density at radius 1 is 1.53 bits per heavy atom. The molecule has 0 atom stereocenters. The van der Waals surface area contributed by atoms with E-state index in [9.17, 15) is 0 Å². The molecule has 6 nitrogen and oxygen atoms in total. The van der Waals surface area contributed by atoms with Crippen molar-refractivity contribution in [2.75, 3.05) is 13.2 Å². The van der Waals surface area contributed by atoms with Gasteiger partial charge in [-0.25, -0.2) is 0 Å². The van der Waals surface area contributed by atoms with Crippen molar-refractivity contribution < 1.29 is 10.3 Å². The molecule has 0 unspecified atom stereocenters. The summed E-state index contributed by atoms with van der Waals surface area (Å²) in [5, 5.41) is 20.7. The molecular weight excluding hydrogens is 244 g/mol. The van der Waals surface area contributed by atoms with Crippen LogP contribution in [0.5, 0.6) is 0 Å². The number of nitrogens with two attached hydrogens (primary N) is 1. The van der Waals surface area contributed by atoms with Crippen molar-refractivity contribution in [1.29, 1.82) is 0 Å². The van der Waals surface area contributed by atoms with E-state index >= 15 is 0 Å². The van der Waals surface area contributed by atoms with E-state index in [-0.39, 0.29) is 12.4 Å². The third-order valence-corrected chi connectivity index (χ3v) is 2.95. The first-order valence-corrected chi connectivity index (χ1v) is 6.36. The molecule has 0 saturated carbocycles. The summed E-state index contributed by atoms with van der Waals surface area (Å²) in [5.74, 6) is 0.0152. The van der Waals surface area contributed by atoms with E-state index in [0.29, 0.717) is 18.3 Å². The highest BCUT2D eigenvalue weighted by atomic mass is 16.4. The van der Waals surface area contributed by atoms with Crippen LogP contribution >= 0.6 is 0 Å². The first-order chi connectivity index (χ1) is 9.10. The molecule has 1 heterocycles. The van der Waals surface area contributed by atoms with Crippen LogP contribution in [0.1, 0.15) is 31.5 Å². The van der Waals surface area contributed by atoms with Crippen LogP contribution in [0.4, 0.5) is 0 Å². The Hall–Kier alpha value is -1.66. The molecule has 106 valence electrons. The van der Waals surface area contributed by atoms with E-state index in [1.807, 2.05) is 12.1 Å². The predicted octanol–water partition coefficient (Wildman–Crippen LogP) is 0.769. The second kappa shape index (κ2) is 7.70. The number of aliphatic hydroxyl groups is 1. The van der Waals surface area contributed by atoms with Gasteiger partial charge in [0, 0.05) is 31.9 Å². The molecule has 1 aromatic heterocycles. The van der Waals surface area contributed by atoms with Gasteiger partial charge in [-0.2, -0.15) is 0 Å². The van der Waals surface area contributed by atoms with Gasteiger partial charge in [-0.3, -0.25) is 9.88 Å². The van der Waals surface area contributed by atoms with E-state index in [4.69, 9.17) is 16.0 Å². The van der Waals surface area contributed by atoms with E-state index in [1.54, 1.807) is 6.20 Å². The summed E-state index contributed by atoms with van der Waals surface area (Å²) >= 11 is 0. The maximum Gasteiger partial charge on any atom is 0.189 e. The highest BCUT2D eigenvalue weighted by molar-refractivity contribution is 5.96. The van der Waals surface area contributed by atoms with Crippen molar-refractivity contribution in [3.63, 3.8) is 0 Å². The second-order valence-corrected chi connectivity index (χ2v) is 4.64. The third kappa shape index (κ3) is 4.50. The zero-order valence-corrected chi connectivity index (χ0v) is 11.5. The highest BCUT2D eigenvalue weighted by Crippen LogP contribution is 2.12. The summed E-state index contributed by atoms with van der Waals surface area (Å²) in [6, 6.07) is 4.08. The van der Waals surface area contributed by atoms with Gasteiger partial charge in [-0.1, -0.05) is 11.2 Å². The van der Waals surface area contributed by atoms with Gasteiger partial charge in [0.1, 0.15) is 5.69 Å². The molecular formula is C13H22N4O2. The minimum atomic E-state index is 0.0152. The lowest BCUT2D eigenvalue weighted by atomic mass is 10.1. The van der Waals surface area contributed by atoms with E-state index in [0.717, 1.165) is 18.5 Å². The van der Waals surface area contributed by atoms with Gasteiger partial charge < -0.3 is 16.0 Å². The highest BCUT2D eigenvalue weighted by Gasteiger charge is 2.14. The maximum absolute atomic E-state index is 8.93. The number of amidine groups is 1. The van der Waals surface area contributed by atoms with Gasteiger partial charge in [0.2, 0.25) is 0 Å². The molecule has 0 bridgehead atoms. The van der Waals surface area contributed by atoms with Crippen molar-refractivity contribution >= 4 is 5.84 Å². The lowest BCUT2D eigenvalue weighted by Gasteiger charge is -2.26. The minimum Gasteiger partial charge on any atom is -0.409 e. The number of aromatic nitrogens is 1. The number of hydrogen-bond donors (Lipinski definition) is 3. The fourth-order valence-corrected chi connectivity index (χ4v) is 1.86. The Morgan fingerprint density at radius 2 is 2.26 bits per heavy atom. The van der Waals surface area contributed by atoms with Gasteiger partial charge in [0.15, 0.2) is 5.84 Å². The van der Waals surface area contributed by atoms with Crippen molar-refractivity contribution in [3.05, 3.63) is 29.6 Å². The fourth-order valence-electron chi connectivity index (χ4n) is 1.86. The molecule has 1 rings (SSSR count). The van der Waals surface area contributed by atoms with Crippen LogP contribution in [0.2, 0.25) is 0 Å². The standard InChI is InChI=1S/C13H22N4O2/c1-10(2)17(7-4-8-18)9-11-5-3-6-15-12(11)13(14)16-19/h3,5-6,10,18-19H,4,7-9H2,1-2H3,(H2,14,16). The van der Waals surface area contributed by atoms with Gasteiger partial charge >= 0.3 is 0 Å². The molecule has 0 aliphatic rings. The molecule has 0 amide bonds. The summed E-state index contributed by atoms with van der Waals surface area (Å²) in [5.41, 5.74) is 7.03. The van der Waals surface area contributed by atoms with Crippen molar-refractivity contribution in [2.24, 2.45) is 10.9 Å². The Bertz CT molecular complexity index is 421. The van der Waals surface area contributed by atoms with Gasteiger partial charge in [-0.05, 0) is 31.9 Å². The number of nitrogens with zero attached hydrogens (tertiary/aromatic N) is 3. The Morgan fingerprint density at radius 3 is 2.84 bits per heavy atom. The van der Waals surface area contributed by atoms with Gasteiger partial charge in [0.25, 0.3) is 0 Å². The molecule has 0 fully saturated rings. The van der Waals surface area contributed by atoms with Crippen LogP contribution in [0, 0.1) is 0 Å². The number of aliphatic hydroxyl groups excluding tert-OH is 1. The quantitative estimate of drug-likeness (QED) is 0.293. The molecule has 0 spiro atoms. The average Bonchev–Trinajstić information content (AvgIpc) is 2.42. The van der Waals surface area contributed by atoms with Gasteiger partial charge in [-0.15, -0.1) is 0 Å². The smallest absolute Gasteiger partial charge is 0.189 e. The molecule has 19 heavy (non-hydrogen) atoms. The van der Waals surface area contributed by atoms with Crippen LogP contribution < -0.4 is 5.73 Å². The predicted molar refractivity (Wildman–Crippen MR) is 74.0 cm³/mol. The van der Waals surface area contributed by atoms with Crippen LogP contribution in [0.25, 0.3) is 0 Å². The van der Waals surface area contributed by atoms with Crippen LogP contribution in [0.3, 0.4) is 0 Å². The zero-order valence-electron chi connectivity index (χ0n) is 11.5. The summed E-state index contributed by atoms with van der Waals surface area (Å²) in [7, 11) is 0. The second-order valence-electron chi connectivity index (χ2n) is 4.64. The number of hydrogen-bond acceptors (Lipinski definition) is 5. The molecule has 0 aromatic carbocycles. The van der Waals surface area contributed by atoms with Crippen molar-refractivity contribution in [1.82, 2.24) is 9.88 Å². The summed E-state index contributed by atoms with van der Waals surface area (Å²) in [6.07, 6.45) is 2.33. The number of rotatable bonds is 7. The van der Waals surface area contributed by atoms with E-state index < -0.39 is 0 Å². The monoisotopic (exact) mass is 266 g/mol. The SMILES string of the molecule is CC(C)N(CCCO)Cc1cccnc1C(N)=NO.